The number of esters is 1. The second-order valence-corrected chi connectivity index (χ2v) is 5.37. The van der Waals surface area contributed by atoms with Crippen molar-refractivity contribution in [3.8, 4) is 0 Å². The Balaban J connectivity index is 2.72. The second-order valence-electron chi connectivity index (χ2n) is 5.37. The number of halogens is 1. The van der Waals surface area contributed by atoms with E-state index < -0.39 is 42.1 Å². The highest BCUT2D eigenvalue weighted by atomic mass is 19.1. The van der Waals surface area contributed by atoms with Gasteiger partial charge in [0.25, 0.3) is 5.67 Å². The first-order valence-corrected chi connectivity index (χ1v) is 5.89. The first kappa shape index (κ1) is 15.4. The van der Waals surface area contributed by atoms with Gasteiger partial charge in [0.2, 0.25) is 5.78 Å². The van der Waals surface area contributed by atoms with Crippen LogP contribution in [0.5, 0.6) is 0 Å². The number of likely N-dealkylation sites (tertiary alicyclic amines) is 1. The molecule has 1 amide bonds. The molecule has 0 spiro atoms. The van der Waals surface area contributed by atoms with Crippen LogP contribution in [0, 0.1) is 0 Å². The number of carbonyl (C=O) groups excluding carboxylic acids is 3. The smallest absolute Gasteiger partial charge is 0.410 e. The lowest BCUT2D eigenvalue weighted by Gasteiger charge is -2.34. The van der Waals surface area contributed by atoms with Crippen molar-refractivity contribution in [1.29, 1.82) is 0 Å². The Morgan fingerprint density at radius 2 is 1.95 bits per heavy atom. The van der Waals surface area contributed by atoms with Crippen molar-refractivity contribution in [1.82, 2.24) is 4.90 Å². The molecule has 1 heterocycles. The zero-order valence-corrected chi connectivity index (χ0v) is 11.5. The van der Waals surface area contributed by atoms with Gasteiger partial charge < -0.3 is 14.4 Å². The molecule has 1 unspecified atom stereocenters. The number of alkyl halides is 1. The molecule has 6 nitrogen and oxygen atoms in total. The highest BCUT2D eigenvalue weighted by molar-refractivity contribution is 6.09. The van der Waals surface area contributed by atoms with Crippen molar-refractivity contribution in [2.45, 2.75) is 38.5 Å². The monoisotopic (exact) mass is 275 g/mol. The zero-order chi connectivity index (χ0) is 14.8. The normalized spacial score (nSPS) is 24.1. The number of rotatable bonds is 1. The van der Waals surface area contributed by atoms with Crippen molar-refractivity contribution in [2.24, 2.45) is 0 Å². The summed E-state index contributed by atoms with van der Waals surface area (Å²) in [5, 5.41) is 0. The van der Waals surface area contributed by atoms with E-state index in [9.17, 15) is 18.8 Å². The topological polar surface area (TPSA) is 72.9 Å². The van der Waals surface area contributed by atoms with E-state index in [1.807, 2.05) is 0 Å². The van der Waals surface area contributed by atoms with Gasteiger partial charge in [0.15, 0.2) is 0 Å². The third-order valence-electron chi connectivity index (χ3n) is 2.66. The molecule has 1 saturated heterocycles. The number of methoxy groups -OCH3 is 1. The van der Waals surface area contributed by atoms with Crippen LogP contribution in [0.15, 0.2) is 0 Å². The number of amides is 1. The fraction of sp³-hybridized carbons (Fsp3) is 0.750. The van der Waals surface area contributed by atoms with Gasteiger partial charge in [-0.3, -0.25) is 4.79 Å². The minimum absolute atomic E-state index is 0.0771. The maximum atomic E-state index is 14.1. The minimum atomic E-state index is -2.66. The number of carbonyl (C=O) groups is 3. The number of hydrogen-bond donors (Lipinski definition) is 0. The number of nitrogens with zero attached hydrogens (tertiary/aromatic N) is 1. The molecule has 108 valence electrons. The fourth-order valence-corrected chi connectivity index (χ4v) is 1.67. The molecule has 0 aromatic heterocycles. The van der Waals surface area contributed by atoms with E-state index in [1.54, 1.807) is 20.8 Å². The van der Waals surface area contributed by atoms with Crippen LogP contribution in [0.25, 0.3) is 0 Å². The van der Waals surface area contributed by atoms with Crippen LogP contribution in [-0.2, 0) is 19.1 Å². The summed E-state index contributed by atoms with van der Waals surface area (Å²) in [4.78, 5) is 35.7. The number of Topliss-reactive ketones (excluding diaryl/α,β-unsaturated/α-hetero) is 1. The molecule has 0 radical (unpaired) electrons. The molecular formula is C12H18FNO5. The molecule has 0 aliphatic carbocycles. The molecule has 1 rings (SSSR count). The average molecular weight is 275 g/mol. The van der Waals surface area contributed by atoms with Crippen molar-refractivity contribution < 1.29 is 28.2 Å². The lowest BCUT2D eigenvalue weighted by atomic mass is 9.92. The van der Waals surface area contributed by atoms with E-state index in [1.165, 1.54) is 0 Å². The van der Waals surface area contributed by atoms with Crippen LogP contribution in [0.4, 0.5) is 9.18 Å². The van der Waals surface area contributed by atoms with E-state index in [-0.39, 0.29) is 6.54 Å². The van der Waals surface area contributed by atoms with Crippen molar-refractivity contribution in [3.05, 3.63) is 0 Å². The summed E-state index contributed by atoms with van der Waals surface area (Å²) in [5.41, 5.74) is -3.36. The van der Waals surface area contributed by atoms with E-state index in [0.29, 0.717) is 0 Å². The van der Waals surface area contributed by atoms with Gasteiger partial charge in [-0.2, -0.15) is 0 Å². The Hall–Kier alpha value is -1.66. The first-order valence-electron chi connectivity index (χ1n) is 5.89. The molecule has 0 N–H and O–H groups in total. The Morgan fingerprint density at radius 3 is 2.37 bits per heavy atom. The summed E-state index contributed by atoms with van der Waals surface area (Å²) in [6, 6.07) is 0. The molecule has 1 fully saturated rings. The molecule has 0 bridgehead atoms. The predicted octanol–water partition coefficient (Wildman–Crippen LogP) is 1.08. The Labute approximate surface area is 110 Å². The number of piperidine rings is 1. The largest absolute Gasteiger partial charge is 0.466 e. The van der Waals surface area contributed by atoms with Crippen molar-refractivity contribution in [3.63, 3.8) is 0 Å². The van der Waals surface area contributed by atoms with Crippen molar-refractivity contribution in [2.75, 3.05) is 20.2 Å². The van der Waals surface area contributed by atoms with E-state index in [0.717, 1.165) is 12.0 Å². The maximum Gasteiger partial charge on any atom is 0.410 e. The third kappa shape index (κ3) is 3.42. The predicted molar refractivity (Wildman–Crippen MR) is 63.3 cm³/mol. The number of ether oxygens (including phenoxy) is 2. The lowest BCUT2D eigenvalue weighted by Crippen LogP contribution is -2.56. The molecule has 1 aliphatic rings. The zero-order valence-electron chi connectivity index (χ0n) is 11.5. The quantitative estimate of drug-likeness (QED) is 0.529. The van der Waals surface area contributed by atoms with Crippen LogP contribution in [0.2, 0.25) is 0 Å². The lowest BCUT2D eigenvalue weighted by molar-refractivity contribution is -0.163. The summed E-state index contributed by atoms with van der Waals surface area (Å²) < 4.78 is 23.5. The molecule has 0 aromatic rings. The third-order valence-corrected chi connectivity index (χ3v) is 2.66. The summed E-state index contributed by atoms with van der Waals surface area (Å²) in [5.74, 6) is -2.21. The first-order chi connectivity index (χ1) is 8.60. The highest BCUT2D eigenvalue weighted by Gasteiger charge is 2.51. The van der Waals surface area contributed by atoms with Gasteiger partial charge in [0, 0.05) is 13.0 Å². The van der Waals surface area contributed by atoms with Gasteiger partial charge in [0.05, 0.1) is 13.7 Å². The van der Waals surface area contributed by atoms with E-state index in [2.05, 4.69) is 4.74 Å². The fourth-order valence-electron chi connectivity index (χ4n) is 1.67. The van der Waals surface area contributed by atoms with Crippen LogP contribution in [-0.4, -0.2) is 54.2 Å². The van der Waals surface area contributed by atoms with E-state index >= 15 is 0 Å². The maximum absolute atomic E-state index is 14.1. The highest BCUT2D eigenvalue weighted by Crippen LogP contribution is 2.26. The Kier molecular flexibility index (Phi) is 4.17. The number of ketones is 1. The second kappa shape index (κ2) is 5.14. The minimum Gasteiger partial charge on any atom is -0.466 e. The van der Waals surface area contributed by atoms with E-state index in [4.69, 9.17) is 4.74 Å². The number of hydrogen-bond acceptors (Lipinski definition) is 5. The van der Waals surface area contributed by atoms with Crippen molar-refractivity contribution >= 4 is 17.8 Å². The standard InChI is InChI=1S/C12H18FNO5/c1-11(2,3)19-10(17)14-6-5-12(13,8(15)7-14)9(16)18-4/h5-7H2,1-4H3. The van der Waals surface area contributed by atoms with Crippen LogP contribution in [0.1, 0.15) is 27.2 Å². The average Bonchev–Trinajstić information content (AvgIpc) is 2.29. The molecule has 1 aliphatic heterocycles. The summed E-state index contributed by atoms with van der Waals surface area (Å²) in [6.45, 7) is 4.48. The molecular weight excluding hydrogens is 257 g/mol. The molecule has 0 aromatic carbocycles. The molecule has 19 heavy (non-hydrogen) atoms. The van der Waals surface area contributed by atoms with Crippen LogP contribution < -0.4 is 0 Å². The van der Waals surface area contributed by atoms with Gasteiger partial charge >= 0.3 is 12.1 Å². The molecule has 7 heteroatoms. The summed E-state index contributed by atoms with van der Waals surface area (Å²) >= 11 is 0. The summed E-state index contributed by atoms with van der Waals surface area (Å²) in [6.07, 6.45) is -1.12. The van der Waals surface area contributed by atoms with Crippen LogP contribution in [0.3, 0.4) is 0 Å². The Morgan fingerprint density at radius 1 is 1.37 bits per heavy atom. The molecule has 1 atom stereocenters. The SMILES string of the molecule is COC(=O)C1(F)CCN(C(=O)OC(C)(C)C)CC1=O. The van der Waals surface area contributed by atoms with Crippen LogP contribution >= 0.6 is 0 Å². The van der Waals surface area contributed by atoms with Gasteiger partial charge in [-0.25, -0.2) is 14.0 Å². The summed E-state index contributed by atoms with van der Waals surface area (Å²) in [7, 11) is 1.01. The van der Waals surface area contributed by atoms with Gasteiger partial charge in [-0.1, -0.05) is 0 Å². The van der Waals surface area contributed by atoms with Gasteiger partial charge in [-0.15, -0.1) is 0 Å². The van der Waals surface area contributed by atoms with Gasteiger partial charge in [0.1, 0.15) is 5.60 Å². The Bertz CT molecular complexity index is 403. The van der Waals surface area contributed by atoms with Gasteiger partial charge in [-0.05, 0) is 20.8 Å². The molecule has 0 saturated carbocycles.